The van der Waals surface area contributed by atoms with Crippen LogP contribution in [0.4, 0.5) is 13.2 Å². The number of hydrogen-bond acceptors (Lipinski definition) is 3. The van der Waals surface area contributed by atoms with Crippen LogP contribution in [0.5, 0.6) is 11.5 Å². The number of hydrogen-bond donors (Lipinski definition) is 0. The van der Waals surface area contributed by atoms with E-state index in [0.29, 0.717) is 12.0 Å². The third kappa shape index (κ3) is 4.20. The molecule has 0 N–H and O–H groups in total. The van der Waals surface area contributed by atoms with Crippen LogP contribution in [0.15, 0.2) is 24.3 Å². The molecule has 0 bridgehead atoms. The third-order valence-corrected chi connectivity index (χ3v) is 1.57. The molecule has 0 spiro atoms. The molecule has 0 aromatic heterocycles. The smallest absolute Gasteiger partial charge is 0.483 e. The van der Waals surface area contributed by atoms with Crippen LogP contribution in [0, 0.1) is 0 Å². The number of ether oxygens (including phenoxy) is 2. The summed E-state index contributed by atoms with van der Waals surface area (Å²) in [5.41, 5.74) is 0. The minimum Gasteiger partial charge on any atom is -0.483 e. The van der Waals surface area contributed by atoms with E-state index in [-0.39, 0.29) is 5.75 Å². The van der Waals surface area contributed by atoms with E-state index in [9.17, 15) is 18.0 Å². The fourth-order valence-corrected chi connectivity index (χ4v) is 0.962. The van der Waals surface area contributed by atoms with Crippen molar-refractivity contribution in [1.82, 2.24) is 0 Å². The maximum Gasteiger partial charge on any atom is 0.573 e. The Morgan fingerprint density at radius 3 is 2.12 bits per heavy atom. The van der Waals surface area contributed by atoms with Gasteiger partial charge in [0.05, 0.1) is 0 Å². The van der Waals surface area contributed by atoms with Gasteiger partial charge in [0.1, 0.15) is 11.5 Å². The molecule has 0 aliphatic carbocycles. The Kier molecular flexibility index (Phi) is 3.76. The molecule has 3 nitrogen and oxygen atoms in total. The Morgan fingerprint density at radius 2 is 1.69 bits per heavy atom. The van der Waals surface area contributed by atoms with Crippen LogP contribution in [0.3, 0.4) is 0 Å². The van der Waals surface area contributed by atoms with Crippen LogP contribution in [0.2, 0.25) is 0 Å². The first-order chi connectivity index (χ1) is 7.40. The average molecular weight is 234 g/mol. The number of carbonyl (C=O) groups excluding carboxylic acids is 1. The molecule has 0 amide bonds. The van der Waals surface area contributed by atoms with Crippen molar-refractivity contribution in [1.29, 1.82) is 0 Å². The van der Waals surface area contributed by atoms with Crippen molar-refractivity contribution in [2.75, 3.05) is 0 Å². The first kappa shape index (κ1) is 12.4. The number of alkyl halides is 3. The predicted octanol–water partition coefficient (Wildman–Crippen LogP) is 2.55. The first-order valence-electron chi connectivity index (χ1n) is 4.38. The molecular formula is C10H9F3O3. The van der Waals surface area contributed by atoms with Crippen LogP contribution in [-0.2, 0) is 4.79 Å². The Bertz CT molecular complexity index is 345. The van der Waals surface area contributed by atoms with Gasteiger partial charge in [-0.2, -0.15) is 0 Å². The zero-order valence-corrected chi connectivity index (χ0v) is 8.32. The molecule has 0 aliphatic heterocycles. The summed E-state index contributed by atoms with van der Waals surface area (Å²) in [4.78, 5) is 10.3. The molecule has 1 rings (SSSR count). The predicted molar refractivity (Wildman–Crippen MR) is 49.3 cm³/mol. The Balaban J connectivity index is 2.64. The summed E-state index contributed by atoms with van der Waals surface area (Å²) < 4.78 is 44.1. The lowest BCUT2D eigenvalue weighted by Gasteiger charge is -2.11. The van der Waals surface area contributed by atoms with Gasteiger partial charge >= 0.3 is 6.36 Å². The molecule has 0 saturated heterocycles. The van der Waals surface area contributed by atoms with Gasteiger partial charge in [-0.15, -0.1) is 13.2 Å². The molecule has 0 saturated carbocycles. The topological polar surface area (TPSA) is 35.5 Å². The van der Waals surface area contributed by atoms with E-state index in [2.05, 4.69) is 4.74 Å². The van der Waals surface area contributed by atoms with Crippen LogP contribution in [0.1, 0.15) is 6.92 Å². The quantitative estimate of drug-likeness (QED) is 0.751. The van der Waals surface area contributed by atoms with Crippen molar-refractivity contribution in [3.05, 3.63) is 24.3 Å². The molecule has 1 atom stereocenters. The van der Waals surface area contributed by atoms with Gasteiger partial charge in [0, 0.05) is 0 Å². The highest BCUT2D eigenvalue weighted by atomic mass is 19.4. The maximum absolute atomic E-state index is 11.8. The molecule has 1 aromatic rings. The van der Waals surface area contributed by atoms with Crippen molar-refractivity contribution < 1.29 is 27.4 Å². The van der Waals surface area contributed by atoms with Gasteiger partial charge in [-0.3, -0.25) is 4.79 Å². The number of benzene rings is 1. The summed E-state index contributed by atoms with van der Waals surface area (Å²) in [5, 5.41) is 0. The highest BCUT2D eigenvalue weighted by Gasteiger charge is 2.30. The van der Waals surface area contributed by atoms with Crippen LogP contribution in [-0.4, -0.2) is 18.8 Å². The fourth-order valence-electron chi connectivity index (χ4n) is 0.962. The van der Waals surface area contributed by atoms with E-state index in [1.807, 2.05) is 0 Å². The zero-order valence-electron chi connectivity index (χ0n) is 8.32. The molecule has 1 unspecified atom stereocenters. The molecule has 0 fully saturated rings. The van der Waals surface area contributed by atoms with E-state index < -0.39 is 12.5 Å². The van der Waals surface area contributed by atoms with Crippen molar-refractivity contribution in [2.45, 2.75) is 19.4 Å². The van der Waals surface area contributed by atoms with Crippen molar-refractivity contribution in [3.63, 3.8) is 0 Å². The molecule has 0 heterocycles. The van der Waals surface area contributed by atoms with Gasteiger partial charge in [0.25, 0.3) is 0 Å². The summed E-state index contributed by atoms with van der Waals surface area (Å²) in [5.74, 6) is -0.0345. The Labute approximate surface area is 89.8 Å². The second-order valence-corrected chi connectivity index (χ2v) is 2.98. The summed E-state index contributed by atoms with van der Waals surface area (Å²) >= 11 is 0. The van der Waals surface area contributed by atoms with Gasteiger partial charge in [-0.05, 0) is 31.2 Å². The molecular weight excluding hydrogens is 225 g/mol. The van der Waals surface area contributed by atoms with Crippen LogP contribution < -0.4 is 9.47 Å². The molecule has 0 radical (unpaired) electrons. The number of aldehydes is 1. The Morgan fingerprint density at radius 1 is 1.19 bits per heavy atom. The highest BCUT2D eigenvalue weighted by molar-refractivity contribution is 5.56. The second kappa shape index (κ2) is 4.87. The third-order valence-electron chi connectivity index (χ3n) is 1.57. The summed E-state index contributed by atoms with van der Waals surface area (Å²) in [6.07, 6.45) is -4.77. The monoisotopic (exact) mass is 234 g/mol. The molecule has 6 heteroatoms. The van der Waals surface area contributed by atoms with Gasteiger partial charge in [-0.25, -0.2) is 0 Å². The average Bonchev–Trinajstić information content (AvgIpc) is 2.18. The lowest BCUT2D eigenvalue weighted by Crippen LogP contribution is -2.17. The molecule has 0 aliphatic rings. The lowest BCUT2D eigenvalue weighted by atomic mass is 10.3. The lowest BCUT2D eigenvalue weighted by molar-refractivity contribution is -0.274. The first-order valence-corrected chi connectivity index (χ1v) is 4.38. The van der Waals surface area contributed by atoms with Crippen molar-refractivity contribution in [3.8, 4) is 11.5 Å². The largest absolute Gasteiger partial charge is 0.573 e. The summed E-state index contributed by atoms with van der Waals surface area (Å²) in [6, 6.07) is 4.81. The van der Waals surface area contributed by atoms with Gasteiger partial charge in [-0.1, -0.05) is 0 Å². The van der Waals surface area contributed by atoms with Gasteiger partial charge in [0.2, 0.25) is 0 Å². The summed E-state index contributed by atoms with van der Waals surface area (Å²) in [7, 11) is 0. The van der Waals surface area contributed by atoms with E-state index >= 15 is 0 Å². The number of halogens is 3. The number of carbonyl (C=O) groups is 1. The van der Waals surface area contributed by atoms with Crippen molar-refractivity contribution >= 4 is 6.29 Å². The standard InChI is InChI=1S/C10H9F3O3/c1-7(6-14)15-8-2-4-9(5-3-8)16-10(11,12)13/h2-7H,1H3. The highest BCUT2D eigenvalue weighted by Crippen LogP contribution is 2.24. The molecule has 88 valence electrons. The van der Waals surface area contributed by atoms with Crippen LogP contribution >= 0.6 is 0 Å². The van der Waals surface area contributed by atoms with Crippen LogP contribution in [0.25, 0.3) is 0 Å². The minimum absolute atomic E-state index is 0.300. The maximum atomic E-state index is 11.8. The minimum atomic E-state index is -4.71. The molecule has 16 heavy (non-hydrogen) atoms. The van der Waals surface area contributed by atoms with Crippen molar-refractivity contribution in [2.24, 2.45) is 0 Å². The van der Waals surface area contributed by atoms with E-state index in [1.54, 1.807) is 0 Å². The fraction of sp³-hybridized carbons (Fsp3) is 0.300. The van der Waals surface area contributed by atoms with E-state index in [0.717, 1.165) is 12.1 Å². The van der Waals surface area contributed by atoms with Gasteiger partial charge < -0.3 is 9.47 Å². The molecule has 1 aromatic carbocycles. The van der Waals surface area contributed by atoms with E-state index in [4.69, 9.17) is 4.74 Å². The van der Waals surface area contributed by atoms with E-state index in [1.165, 1.54) is 19.1 Å². The SMILES string of the molecule is CC(C=O)Oc1ccc(OC(F)(F)F)cc1. The van der Waals surface area contributed by atoms with Gasteiger partial charge in [0.15, 0.2) is 12.4 Å². The normalized spacial score (nSPS) is 13.0. The zero-order chi connectivity index (χ0) is 12.2. The number of rotatable bonds is 4. The Hall–Kier alpha value is -1.72. The summed E-state index contributed by atoms with van der Waals surface area (Å²) in [6.45, 7) is 1.52. The second-order valence-electron chi connectivity index (χ2n) is 2.98.